The number of hydrogen-bond acceptors (Lipinski definition) is 6. The number of rotatable bonds is 15. The van der Waals surface area contributed by atoms with Crippen LogP contribution < -0.4 is 4.74 Å². The van der Waals surface area contributed by atoms with Crippen molar-refractivity contribution < 1.29 is 42.4 Å². The van der Waals surface area contributed by atoms with Crippen LogP contribution in [0.1, 0.15) is 25.8 Å². The highest BCUT2D eigenvalue weighted by Crippen LogP contribution is 2.17. The van der Waals surface area contributed by atoms with E-state index in [1.807, 2.05) is 0 Å². The summed E-state index contributed by atoms with van der Waals surface area (Å²) in [6.07, 6.45) is -1.61. The number of ether oxygens (including phenoxy) is 4. The van der Waals surface area contributed by atoms with Crippen LogP contribution in [0.4, 0.5) is 13.6 Å². The van der Waals surface area contributed by atoms with Crippen molar-refractivity contribution in [1.82, 2.24) is 4.90 Å². The van der Waals surface area contributed by atoms with Crippen molar-refractivity contribution in [3.8, 4) is 5.75 Å². The molecular weight excluding hydrogens is 416 g/mol. The van der Waals surface area contributed by atoms with E-state index in [4.69, 9.17) is 24.1 Å². The van der Waals surface area contributed by atoms with Crippen LogP contribution in [0.3, 0.4) is 0 Å². The summed E-state index contributed by atoms with van der Waals surface area (Å²) in [4.78, 5) is 24.3. The highest BCUT2D eigenvalue weighted by molar-refractivity contribution is 5.72. The monoisotopic (exact) mass is 447 g/mol. The number of alkyl halides is 2. The molecule has 0 fully saturated rings. The number of hydrogen-bond donors (Lipinski definition) is 1. The van der Waals surface area contributed by atoms with E-state index in [0.717, 1.165) is 5.56 Å². The molecule has 1 atom stereocenters. The second kappa shape index (κ2) is 13.8. The zero-order valence-electron chi connectivity index (χ0n) is 18.1. The number of carboxylic acid groups (broad SMARTS) is 1. The Balaban J connectivity index is 2.48. The Morgan fingerprint density at radius 3 is 2.32 bits per heavy atom. The lowest BCUT2D eigenvalue weighted by Gasteiger charge is -2.22. The molecule has 0 aromatic heterocycles. The molecule has 0 aliphatic rings. The molecule has 0 saturated heterocycles. The van der Waals surface area contributed by atoms with Gasteiger partial charge in [-0.3, -0.25) is 0 Å². The molecule has 1 rings (SSSR count). The Labute approximate surface area is 181 Å². The quantitative estimate of drug-likeness (QED) is 0.413. The fourth-order valence-corrected chi connectivity index (χ4v) is 2.55. The Kier molecular flexibility index (Phi) is 11.8. The molecule has 1 aromatic rings. The van der Waals surface area contributed by atoms with Gasteiger partial charge in [-0.25, -0.2) is 18.4 Å². The second-order valence-corrected chi connectivity index (χ2v) is 6.70. The summed E-state index contributed by atoms with van der Waals surface area (Å²) in [5.41, 5.74) is 0.783. The summed E-state index contributed by atoms with van der Waals surface area (Å²) in [6.45, 7) is 3.07. The topological polar surface area (TPSA) is 94.5 Å². The maximum absolute atomic E-state index is 13.2. The van der Waals surface area contributed by atoms with E-state index in [0.29, 0.717) is 12.4 Å². The van der Waals surface area contributed by atoms with Crippen LogP contribution in [0.5, 0.6) is 5.75 Å². The Morgan fingerprint density at radius 1 is 1.13 bits per heavy atom. The van der Waals surface area contributed by atoms with Gasteiger partial charge in [-0.15, -0.1) is 0 Å². The van der Waals surface area contributed by atoms with Gasteiger partial charge in [0.05, 0.1) is 20.3 Å². The van der Waals surface area contributed by atoms with Crippen LogP contribution in [0.2, 0.25) is 0 Å². The first-order chi connectivity index (χ1) is 14.7. The predicted octanol–water partition coefficient (Wildman–Crippen LogP) is 3.23. The van der Waals surface area contributed by atoms with Crippen molar-refractivity contribution in [1.29, 1.82) is 0 Å². The Morgan fingerprint density at radius 2 is 1.77 bits per heavy atom. The summed E-state index contributed by atoms with van der Waals surface area (Å²) in [7, 11) is 1.23. The summed E-state index contributed by atoms with van der Waals surface area (Å²) in [5, 5.41) is 9.15. The fourth-order valence-electron chi connectivity index (χ4n) is 2.55. The maximum atomic E-state index is 13.2. The van der Waals surface area contributed by atoms with Crippen LogP contribution >= 0.6 is 0 Å². The Hall–Kier alpha value is -2.46. The first-order valence-corrected chi connectivity index (χ1v) is 10.1. The minimum Gasteiger partial charge on any atom is -0.492 e. The Bertz CT molecular complexity index is 670. The molecule has 1 aromatic carbocycles. The number of amides is 1. The number of carbonyl (C=O) groups excluding carboxylic acids is 1. The summed E-state index contributed by atoms with van der Waals surface area (Å²) in [5.74, 6) is -3.37. The molecule has 0 heterocycles. The van der Waals surface area contributed by atoms with Gasteiger partial charge in [0.2, 0.25) is 0 Å². The molecule has 8 nitrogen and oxygen atoms in total. The van der Waals surface area contributed by atoms with Crippen molar-refractivity contribution in [2.24, 2.45) is 0 Å². The molecular formula is C21H31F2NO7. The van der Waals surface area contributed by atoms with Gasteiger partial charge >= 0.3 is 12.1 Å². The van der Waals surface area contributed by atoms with Gasteiger partial charge < -0.3 is 29.0 Å². The van der Waals surface area contributed by atoms with E-state index in [9.17, 15) is 18.4 Å². The molecule has 0 aliphatic heterocycles. The molecule has 0 radical (unpaired) electrons. The van der Waals surface area contributed by atoms with Crippen LogP contribution in [0.25, 0.3) is 0 Å². The average molecular weight is 447 g/mol. The van der Waals surface area contributed by atoms with E-state index < -0.39 is 30.7 Å². The lowest BCUT2D eigenvalue weighted by Crippen LogP contribution is -2.37. The third-order valence-corrected chi connectivity index (χ3v) is 4.39. The van der Waals surface area contributed by atoms with Crippen molar-refractivity contribution >= 4 is 12.1 Å². The van der Waals surface area contributed by atoms with Crippen LogP contribution in [-0.2, 0) is 25.4 Å². The van der Waals surface area contributed by atoms with Crippen LogP contribution in [0, 0.1) is 0 Å². The molecule has 10 heteroatoms. The fraction of sp³-hybridized carbons (Fsp3) is 0.619. The van der Waals surface area contributed by atoms with Crippen molar-refractivity contribution in [2.45, 2.75) is 38.7 Å². The normalized spacial score (nSPS) is 12.3. The summed E-state index contributed by atoms with van der Waals surface area (Å²) >= 11 is 0. The standard InChI is InChI=1S/C21H31F2NO7/c1-4-21(22,23)15-29-12-10-24(20(27)28-3)11-13-31-17-8-6-16(7-9-17)14-18(19(25)26)30-5-2/h6-9,18H,4-5,10-15H2,1-3H3,(H,25,26). The van der Waals surface area contributed by atoms with Crippen LogP contribution in [0.15, 0.2) is 24.3 Å². The van der Waals surface area contributed by atoms with E-state index in [2.05, 4.69) is 0 Å². The maximum Gasteiger partial charge on any atom is 0.409 e. The van der Waals surface area contributed by atoms with Gasteiger partial charge in [0, 0.05) is 26.0 Å². The van der Waals surface area contributed by atoms with Gasteiger partial charge in [-0.05, 0) is 24.6 Å². The molecule has 31 heavy (non-hydrogen) atoms. The average Bonchev–Trinajstić information content (AvgIpc) is 2.75. The third kappa shape index (κ3) is 10.4. The van der Waals surface area contributed by atoms with Crippen LogP contribution in [-0.4, -0.2) is 80.7 Å². The summed E-state index contributed by atoms with van der Waals surface area (Å²) in [6, 6.07) is 6.87. The lowest BCUT2D eigenvalue weighted by molar-refractivity contribution is -0.149. The second-order valence-electron chi connectivity index (χ2n) is 6.70. The van der Waals surface area contributed by atoms with Gasteiger partial charge in [0.15, 0.2) is 6.10 Å². The molecule has 0 bridgehead atoms. The van der Waals surface area contributed by atoms with E-state index >= 15 is 0 Å². The molecule has 0 spiro atoms. The zero-order chi connectivity index (χ0) is 23.3. The van der Waals surface area contributed by atoms with E-state index in [1.165, 1.54) is 18.9 Å². The first-order valence-electron chi connectivity index (χ1n) is 10.1. The van der Waals surface area contributed by atoms with Crippen molar-refractivity contribution in [3.63, 3.8) is 0 Å². The number of carboxylic acids is 1. The minimum atomic E-state index is -2.89. The number of nitrogens with zero attached hydrogens (tertiary/aromatic N) is 1. The molecule has 1 unspecified atom stereocenters. The zero-order valence-corrected chi connectivity index (χ0v) is 18.1. The SMILES string of the molecule is CCOC(Cc1ccc(OCCN(CCOCC(F)(F)CC)C(=O)OC)cc1)C(=O)O. The number of aliphatic carboxylic acids is 1. The van der Waals surface area contributed by atoms with Crippen molar-refractivity contribution in [3.05, 3.63) is 29.8 Å². The van der Waals surface area contributed by atoms with Gasteiger partial charge in [-0.2, -0.15) is 0 Å². The van der Waals surface area contributed by atoms with Gasteiger partial charge in [0.1, 0.15) is 19.0 Å². The molecule has 176 valence electrons. The van der Waals surface area contributed by atoms with Crippen molar-refractivity contribution in [2.75, 3.05) is 46.6 Å². The van der Waals surface area contributed by atoms with E-state index in [1.54, 1.807) is 31.2 Å². The summed E-state index contributed by atoms with van der Waals surface area (Å²) < 4.78 is 46.8. The molecule has 1 N–H and O–H groups in total. The largest absolute Gasteiger partial charge is 0.492 e. The lowest BCUT2D eigenvalue weighted by atomic mass is 10.1. The molecule has 1 amide bonds. The number of carbonyl (C=O) groups is 2. The number of methoxy groups -OCH3 is 1. The predicted molar refractivity (Wildman–Crippen MR) is 109 cm³/mol. The molecule has 0 saturated carbocycles. The van der Waals surface area contributed by atoms with Gasteiger partial charge in [-0.1, -0.05) is 19.1 Å². The number of benzene rings is 1. The number of halogens is 2. The van der Waals surface area contributed by atoms with E-state index in [-0.39, 0.29) is 39.1 Å². The first kappa shape index (κ1) is 26.6. The van der Waals surface area contributed by atoms with Gasteiger partial charge in [0.25, 0.3) is 5.92 Å². The third-order valence-electron chi connectivity index (χ3n) is 4.39. The smallest absolute Gasteiger partial charge is 0.409 e. The highest BCUT2D eigenvalue weighted by atomic mass is 19.3. The highest BCUT2D eigenvalue weighted by Gasteiger charge is 2.26. The minimum absolute atomic E-state index is 0.0516. The molecule has 0 aliphatic carbocycles.